The van der Waals surface area contributed by atoms with Gasteiger partial charge in [-0.25, -0.2) is 4.39 Å². The number of nitrogens with zero attached hydrogens (tertiary/aromatic N) is 3. The van der Waals surface area contributed by atoms with E-state index >= 15 is 0 Å². The molecule has 0 aliphatic heterocycles. The number of ether oxygens (including phenoxy) is 1. The van der Waals surface area contributed by atoms with Crippen molar-refractivity contribution in [3.8, 4) is 6.01 Å². The fourth-order valence-electron chi connectivity index (χ4n) is 1.78. The van der Waals surface area contributed by atoms with Gasteiger partial charge in [-0.1, -0.05) is 12.1 Å². The Kier molecular flexibility index (Phi) is 5.25. The molecule has 0 fully saturated rings. The first-order chi connectivity index (χ1) is 10.2. The van der Waals surface area contributed by atoms with Crippen LogP contribution in [0.3, 0.4) is 0 Å². The van der Waals surface area contributed by atoms with Gasteiger partial charge in [-0.3, -0.25) is 0 Å². The van der Waals surface area contributed by atoms with E-state index in [1.807, 2.05) is 13.0 Å². The molecule has 112 valence electrons. The molecule has 21 heavy (non-hydrogen) atoms. The Balaban J connectivity index is 1.97. The van der Waals surface area contributed by atoms with Crippen molar-refractivity contribution in [1.29, 1.82) is 0 Å². The van der Waals surface area contributed by atoms with Crippen molar-refractivity contribution in [2.24, 2.45) is 0 Å². The van der Waals surface area contributed by atoms with E-state index < -0.39 is 0 Å². The Morgan fingerprint density at radius 1 is 1.14 bits per heavy atom. The molecule has 0 aliphatic carbocycles. The number of halogens is 1. The standard InChI is InChI=1S/C14H18FN5O/c1-3-16-12-18-13(20-14(19-12)21-2)17-8-7-10-5-4-6-11(15)9-10/h4-6,9H,3,7-8H2,1-2H3,(H2,16,17,18,19,20). The molecule has 0 saturated heterocycles. The number of hydrogen-bond donors (Lipinski definition) is 2. The van der Waals surface area contributed by atoms with E-state index in [4.69, 9.17) is 4.74 Å². The average molecular weight is 291 g/mol. The average Bonchev–Trinajstić information content (AvgIpc) is 2.47. The predicted octanol–water partition coefficient (Wildman–Crippen LogP) is 2.11. The van der Waals surface area contributed by atoms with Crippen LogP contribution in [0.15, 0.2) is 24.3 Å². The van der Waals surface area contributed by atoms with E-state index in [1.165, 1.54) is 19.2 Å². The monoisotopic (exact) mass is 291 g/mol. The molecule has 0 unspecified atom stereocenters. The number of methoxy groups -OCH3 is 1. The van der Waals surface area contributed by atoms with E-state index in [0.29, 0.717) is 31.4 Å². The summed E-state index contributed by atoms with van der Waals surface area (Å²) in [7, 11) is 1.50. The van der Waals surface area contributed by atoms with E-state index in [1.54, 1.807) is 6.07 Å². The van der Waals surface area contributed by atoms with Gasteiger partial charge in [0.25, 0.3) is 0 Å². The summed E-state index contributed by atoms with van der Waals surface area (Å²) >= 11 is 0. The van der Waals surface area contributed by atoms with Crippen molar-refractivity contribution in [3.63, 3.8) is 0 Å². The van der Waals surface area contributed by atoms with Gasteiger partial charge in [0.15, 0.2) is 0 Å². The van der Waals surface area contributed by atoms with Gasteiger partial charge < -0.3 is 15.4 Å². The summed E-state index contributed by atoms with van der Waals surface area (Å²) in [5, 5.41) is 6.09. The van der Waals surface area contributed by atoms with Crippen LogP contribution in [0.4, 0.5) is 16.3 Å². The molecule has 2 aromatic rings. The van der Waals surface area contributed by atoms with Crippen molar-refractivity contribution in [2.75, 3.05) is 30.8 Å². The lowest BCUT2D eigenvalue weighted by Gasteiger charge is -2.08. The predicted molar refractivity (Wildman–Crippen MR) is 79.1 cm³/mol. The van der Waals surface area contributed by atoms with Crippen LogP contribution >= 0.6 is 0 Å². The first kappa shape index (κ1) is 15.0. The summed E-state index contributed by atoms with van der Waals surface area (Å²) < 4.78 is 18.1. The van der Waals surface area contributed by atoms with E-state index in [0.717, 1.165) is 5.56 Å². The van der Waals surface area contributed by atoms with Gasteiger partial charge in [0.05, 0.1) is 7.11 Å². The third-order valence-electron chi connectivity index (χ3n) is 2.72. The van der Waals surface area contributed by atoms with Crippen molar-refractivity contribution >= 4 is 11.9 Å². The Labute approximate surface area is 122 Å². The summed E-state index contributed by atoms with van der Waals surface area (Å²) in [5.41, 5.74) is 0.912. The van der Waals surface area contributed by atoms with Gasteiger partial charge in [-0.05, 0) is 31.0 Å². The molecule has 0 saturated carbocycles. The fraction of sp³-hybridized carbons (Fsp3) is 0.357. The lowest BCUT2D eigenvalue weighted by molar-refractivity contribution is 0.379. The highest BCUT2D eigenvalue weighted by atomic mass is 19.1. The highest BCUT2D eigenvalue weighted by molar-refractivity contribution is 5.36. The maximum Gasteiger partial charge on any atom is 0.322 e. The molecular weight excluding hydrogens is 273 g/mol. The van der Waals surface area contributed by atoms with Crippen LogP contribution in [-0.4, -0.2) is 35.2 Å². The molecule has 0 amide bonds. The first-order valence-electron chi connectivity index (χ1n) is 6.73. The molecule has 6 nitrogen and oxygen atoms in total. The molecule has 0 atom stereocenters. The van der Waals surface area contributed by atoms with Crippen molar-refractivity contribution in [2.45, 2.75) is 13.3 Å². The summed E-state index contributed by atoms with van der Waals surface area (Å²) in [6, 6.07) is 6.76. The minimum absolute atomic E-state index is 0.233. The number of nitrogens with one attached hydrogen (secondary N) is 2. The van der Waals surface area contributed by atoms with Gasteiger partial charge in [0.1, 0.15) is 5.82 Å². The van der Waals surface area contributed by atoms with E-state index in [9.17, 15) is 4.39 Å². The third kappa shape index (κ3) is 4.55. The summed E-state index contributed by atoms with van der Waals surface area (Å²) in [6.45, 7) is 3.24. The highest BCUT2D eigenvalue weighted by Crippen LogP contribution is 2.11. The molecule has 2 N–H and O–H groups in total. The van der Waals surface area contributed by atoms with Crippen LogP contribution in [0.1, 0.15) is 12.5 Å². The Bertz CT molecular complexity index is 593. The number of hydrogen-bond acceptors (Lipinski definition) is 6. The number of benzene rings is 1. The zero-order valence-electron chi connectivity index (χ0n) is 12.1. The molecule has 1 heterocycles. The smallest absolute Gasteiger partial charge is 0.322 e. The fourth-order valence-corrected chi connectivity index (χ4v) is 1.78. The minimum Gasteiger partial charge on any atom is -0.467 e. The zero-order valence-corrected chi connectivity index (χ0v) is 12.1. The Hall–Kier alpha value is -2.44. The number of anilines is 2. The van der Waals surface area contributed by atoms with Crippen molar-refractivity contribution in [3.05, 3.63) is 35.6 Å². The SMILES string of the molecule is CCNc1nc(NCCc2cccc(F)c2)nc(OC)n1. The minimum atomic E-state index is -0.233. The summed E-state index contributed by atoms with van der Waals surface area (Å²) in [5.74, 6) is 0.649. The van der Waals surface area contributed by atoms with Gasteiger partial charge in [-0.15, -0.1) is 0 Å². The van der Waals surface area contributed by atoms with Gasteiger partial charge >= 0.3 is 6.01 Å². The second-order valence-electron chi connectivity index (χ2n) is 4.31. The quantitative estimate of drug-likeness (QED) is 0.814. The van der Waals surface area contributed by atoms with Crippen LogP contribution in [-0.2, 0) is 6.42 Å². The van der Waals surface area contributed by atoms with E-state index in [2.05, 4.69) is 25.6 Å². The lowest BCUT2D eigenvalue weighted by Crippen LogP contribution is -2.12. The molecule has 7 heteroatoms. The number of aromatic nitrogens is 3. The molecule has 0 radical (unpaired) electrons. The van der Waals surface area contributed by atoms with E-state index in [-0.39, 0.29) is 11.8 Å². The van der Waals surface area contributed by atoms with Crippen LogP contribution in [0.5, 0.6) is 6.01 Å². The Morgan fingerprint density at radius 3 is 2.57 bits per heavy atom. The summed E-state index contributed by atoms with van der Waals surface area (Å²) in [4.78, 5) is 12.4. The van der Waals surface area contributed by atoms with Crippen LogP contribution in [0.25, 0.3) is 0 Å². The molecule has 2 rings (SSSR count). The molecule has 0 bridgehead atoms. The second kappa shape index (κ2) is 7.37. The maximum absolute atomic E-state index is 13.1. The largest absolute Gasteiger partial charge is 0.467 e. The molecule has 1 aromatic carbocycles. The third-order valence-corrected chi connectivity index (χ3v) is 2.72. The number of rotatable bonds is 7. The Morgan fingerprint density at radius 2 is 1.90 bits per heavy atom. The molecule has 0 aliphatic rings. The van der Waals surface area contributed by atoms with Crippen LogP contribution in [0.2, 0.25) is 0 Å². The van der Waals surface area contributed by atoms with Crippen LogP contribution < -0.4 is 15.4 Å². The first-order valence-corrected chi connectivity index (χ1v) is 6.73. The molecule has 1 aromatic heterocycles. The lowest BCUT2D eigenvalue weighted by atomic mass is 10.1. The maximum atomic E-state index is 13.1. The highest BCUT2D eigenvalue weighted by Gasteiger charge is 2.05. The van der Waals surface area contributed by atoms with Crippen molar-refractivity contribution < 1.29 is 9.13 Å². The van der Waals surface area contributed by atoms with Gasteiger partial charge in [-0.2, -0.15) is 15.0 Å². The second-order valence-corrected chi connectivity index (χ2v) is 4.31. The van der Waals surface area contributed by atoms with Crippen LogP contribution in [0, 0.1) is 5.82 Å². The topological polar surface area (TPSA) is 72.0 Å². The summed E-state index contributed by atoms with van der Waals surface area (Å²) in [6.07, 6.45) is 0.669. The molecular formula is C14H18FN5O. The zero-order chi connectivity index (χ0) is 15.1. The molecule has 0 spiro atoms. The van der Waals surface area contributed by atoms with Gasteiger partial charge in [0.2, 0.25) is 11.9 Å². The van der Waals surface area contributed by atoms with Gasteiger partial charge in [0, 0.05) is 13.1 Å². The van der Waals surface area contributed by atoms with Crippen molar-refractivity contribution in [1.82, 2.24) is 15.0 Å². The normalized spacial score (nSPS) is 10.2.